The standard InChI is InChI=1S/C33H42N10O3S/c34-13-1-15-41(16-2-14-37-31(35)36)20-22-3-7-25(8-4-22)43-21-24-19-28(38-30(24)39-32(43)44)23-5-9-26(10-6-23)47(45,46)40-29-27-11-17-42-18-12-33(27,29)42/h3-10,19,21,27,29,40H,1-2,11-18,20,34H2,(H4,35,36,37)(H,38,39,44). The van der Waals surface area contributed by atoms with Crippen molar-refractivity contribution in [3.63, 3.8) is 0 Å². The Labute approximate surface area is 273 Å². The number of rotatable bonds is 14. The maximum absolute atomic E-state index is 13.2. The van der Waals surface area contributed by atoms with E-state index in [4.69, 9.17) is 17.2 Å². The molecular formula is C33H42N10O3S. The number of nitrogens with zero attached hydrogens (tertiary/aromatic N) is 5. The summed E-state index contributed by atoms with van der Waals surface area (Å²) in [5.41, 5.74) is 20.1. The van der Waals surface area contributed by atoms with Crippen LogP contribution in [0.15, 0.2) is 75.5 Å². The number of H-pyrrole nitrogens is 1. The Kier molecular flexibility index (Phi) is 8.39. The normalized spacial score (nSPS) is 21.8. The molecule has 1 spiro atoms. The van der Waals surface area contributed by atoms with E-state index in [1.807, 2.05) is 30.3 Å². The Bertz CT molecular complexity index is 1950. The summed E-state index contributed by atoms with van der Waals surface area (Å²) in [5, 5.41) is 0.764. The summed E-state index contributed by atoms with van der Waals surface area (Å²) in [7, 11) is -3.62. The van der Waals surface area contributed by atoms with Crippen molar-refractivity contribution in [3.05, 3.63) is 76.8 Å². The lowest BCUT2D eigenvalue weighted by Gasteiger charge is -2.40. The maximum atomic E-state index is 13.2. The van der Waals surface area contributed by atoms with Crippen LogP contribution in [-0.2, 0) is 16.6 Å². The molecule has 2 saturated heterocycles. The first-order chi connectivity index (χ1) is 22.7. The first-order valence-electron chi connectivity index (χ1n) is 16.3. The van der Waals surface area contributed by atoms with Gasteiger partial charge in [-0.3, -0.25) is 19.4 Å². The van der Waals surface area contributed by atoms with Crippen LogP contribution in [0.5, 0.6) is 0 Å². The van der Waals surface area contributed by atoms with Gasteiger partial charge in [-0.1, -0.05) is 24.3 Å². The molecule has 47 heavy (non-hydrogen) atoms. The number of nitrogens with two attached hydrogens (primary N) is 3. The maximum Gasteiger partial charge on any atom is 0.354 e. The first kappa shape index (κ1) is 31.5. The summed E-state index contributed by atoms with van der Waals surface area (Å²) < 4.78 is 30.8. The van der Waals surface area contributed by atoms with Gasteiger partial charge in [0.1, 0.15) is 5.65 Å². The van der Waals surface area contributed by atoms with Crippen LogP contribution in [0.2, 0.25) is 0 Å². The van der Waals surface area contributed by atoms with Crippen LogP contribution in [0.4, 0.5) is 0 Å². The van der Waals surface area contributed by atoms with Crippen LogP contribution in [0.1, 0.15) is 31.2 Å². The zero-order valence-electron chi connectivity index (χ0n) is 26.3. The second-order valence-corrected chi connectivity index (χ2v) is 14.6. The Morgan fingerprint density at radius 1 is 1.09 bits per heavy atom. The van der Waals surface area contributed by atoms with Crippen molar-refractivity contribution in [3.8, 4) is 16.9 Å². The molecule has 1 saturated carbocycles. The van der Waals surface area contributed by atoms with Gasteiger partial charge < -0.3 is 22.2 Å². The lowest BCUT2D eigenvalue weighted by molar-refractivity contribution is 0.0890. The monoisotopic (exact) mass is 658 g/mol. The van der Waals surface area contributed by atoms with Gasteiger partial charge in [0.05, 0.1) is 10.6 Å². The number of piperidine rings is 1. The van der Waals surface area contributed by atoms with E-state index in [0.29, 0.717) is 30.3 Å². The number of guanidine groups is 1. The number of sulfonamides is 1. The molecule has 1 aliphatic carbocycles. The van der Waals surface area contributed by atoms with Crippen molar-refractivity contribution in [1.82, 2.24) is 29.1 Å². The topological polar surface area (TPSA) is 194 Å². The van der Waals surface area contributed by atoms with Crippen LogP contribution in [0.25, 0.3) is 28.0 Å². The van der Waals surface area contributed by atoms with Crippen LogP contribution >= 0.6 is 0 Å². The number of hydrogen-bond acceptors (Lipinski definition) is 8. The highest BCUT2D eigenvalue weighted by Crippen LogP contribution is 2.63. The van der Waals surface area contributed by atoms with Crippen molar-refractivity contribution >= 4 is 27.0 Å². The zero-order valence-corrected chi connectivity index (χ0v) is 27.1. The minimum atomic E-state index is -3.62. The molecule has 0 bridgehead atoms. The molecule has 3 aliphatic rings. The third-order valence-corrected chi connectivity index (χ3v) is 11.5. The molecule has 2 aromatic heterocycles. The first-order valence-corrected chi connectivity index (χ1v) is 17.7. The van der Waals surface area contributed by atoms with Crippen molar-refractivity contribution in [2.24, 2.45) is 28.1 Å². The molecule has 3 fully saturated rings. The summed E-state index contributed by atoms with van der Waals surface area (Å²) in [4.78, 5) is 29.6. The molecule has 2 aliphatic heterocycles. The number of aromatic amines is 1. The predicted octanol–water partition coefficient (Wildman–Crippen LogP) is 1.32. The molecule has 13 nitrogen and oxygen atoms in total. The summed E-state index contributed by atoms with van der Waals surface area (Å²) in [6, 6.07) is 16.6. The van der Waals surface area contributed by atoms with Crippen LogP contribution in [0.3, 0.4) is 0 Å². The molecule has 4 heterocycles. The van der Waals surface area contributed by atoms with E-state index in [9.17, 15) is 13.2 Å². The molecule has 14 heteroatoms. The smallest absolute Gasteiger partial charge is 0.354 e. The van der Waals surface area contributed by atoms with Gasteiger partial charge in [-0.2, -0.15) is 4.98 Å². The highest BCUT2D eigenvalue weighted by molar-refractivity contribution is 7.89. The average molecular weight is 659 g/mol. The molecule has 248 valence electrons. The minimum absolute atomic E-state index is 0.0163. The molecule has 4 aromatic rings. The van der Waals surface area contributed by atoms with Gasteiger partial charge in [0.15, 0.2) is 5.96 Å². The Morgan fingerprint density at radius 2 is 1.85 bits per heavy atom. The van der Waals surface area contributed by atoms with Crippen molar-refractivity contribution in [1.29, 1.82) is 0 Å². The number of nitrogens with one attached hydrogen (secondary N) is 2. The van der Waals surface area contributed by atoms with Gasteiger partial charge >= 0.3 is 5.69 Å². The van der Waals surface area contributed by atoms with Gasteiger partial charge in [-0.05, 0) is 92.7 Å². The van der Waals surface area contributed by atoms with Gasteiger partial charge in [0.25, 0.3) is 0 Å². The quantitative estimate of drug-likeness (QED) is 0.0755. The Balaban J connectivity index is 1.03. The summed E-state index contributed by atoms with van der Waals surface area (Å²) >= 11 is 0. The molecule has 7 rings (SSSR count). The fourth-order valence-corrected chi connectivity index (χ4v) is 8.84. The number of fused-ring (bicyclic) bond motifs is 1. The van der Waals surface area contributed by atoms with E-state index in [0.717, 1.165) is 80.6 Å². The average Bonchev–Trinajstić information content (AvgIpc) is 3.34. The number of benzene rings is 2. The van der Waals surface area contributed by atoms with E-state index in [-0.39, 0.29) is 22.4 Å². The molecule has 0 amide bonds. The van der Waals surface area contributed by atoms with Crippen molar-refractivity contribution in [2.45, 2.75) is 48.7 Å². The lowest BCUT2D eigenvalue weighted by Crippen LogP contribution is -2.53. The third kappa shape index (κ3) is 6.07. The highest BCUT2D eigenvalue weighted by Gasteiger charge is 2.75. The van der Waals surface area contributed by atoms with E-state index in [2.05, 4.69) is 29.5 Å². The molecule has 3 unspecified atom stereocenters. The Morgan fingerprint density at radius 3 is 2.53 bits per heavy atom. The molecule has 2 aromatic carbocycles. The third-order valence-electron chi connectivity index (χ3n) is 10.0. The molecule has 0 radical (unpaired) electrons. The zero-order chi connectivity index (χ0) is 32.8. The number of aromatic nitrogens is 3. The molecule has 8 N–H and O–H groups in total. The van der Waals surface area contributed by atoms with Gasteiger partial charge in [0, 0.05) is 55.0 Å². The number of aliphatic imine (C=N–C) groups is 1. The highest BCUT2D eigenvalue weighted by atomic mass is 32.2. The van der Waals surface area contributed by atoms with Crippen LogP contribution < -0.4 is 27.6 Å². The summed E-state index contributed by atoms with van der Waals surface area (Å²) in [6.45, 7) is 5.79. The second-order valence-electron chi connectivity index (χ2n) is 12.9. The summed E-state index contributed by atoms with van der Waals surface area (Å²) in [5.74, 6) is 0.536. The largest absolute Gasteiger partial charge is 0.370 e. The number of hydrogen-bond donors (Lipinski definition) is 5. The van der Waals surface area contributed by atoms with Gasteiger partial charge in [0.2, 0.25) is 10.0 Å². The van der Waals surface area contributed by atoms with Gasteiger partial charge in [-0.25, -0.2) is 17.9 Å². The minimum Gasteiger partial charge on any atom is -0.370 e. The molecule has 3 atom stereocenters. The van der Waals surface area contributed by atoms with E-state index >= 15 is 0 Å². The predicted molar refractivity (Wildman–Crippen MR) is 183 cm³/mol. The fourth-order valence-electron chi connectivity index (χ4n) is 7.51. The fraction of sp³-hybridized carbons (Fsp3) is 0.424. The van der Waals surface area contributed by atoms with E-state index in [1.54, 1.807) is 30.5 Å². The molecular weight excluding hydrogens is 616 g/mol. The van der Waals surface area contributed by atoms with Crippen LogP contribution in [0, 0.1) is 5.92 Å². The lowest BCUT2D eigenvalue weighted by atomic mass is 10.0. The van der Waals surface area contributed by atoms with Crippen molar-refractivity contribution in [2.75, 3.05) is 39.3 Å². The van der Waals surface area contributed by atoms with Crippen molar-refractivity contribution < 1.29 is 8.42 Å². The van der Waals surface area contributed by atoms with Crippen LogP contribution in [-0.4, -0.2) is 89.6 Å². The summed E-state index contributed by atoms with van der Waals surface area (Å²) in [6.07, 6.45) is 5.64. The van der Waals surface area contributed by atoms with Gasteiger partial charge in [-0.15, -0.1) is 0 Å². The van der Waals surface area contributed by atoms with E-state index < -0.39 is 15.7 Å². The second kappa shape index (κ2) is 12.5. The van der Waals surface area contributed by atoms with E-state index in [1.165, 1.54) is 4.57 Å². The SMILES string of the molecule is NCCCN(CCCN=C(N)N)Cc1ccc(-n2cc3cc(-c4ccc(S(=O)(=O)NC5C6CCN7CCC657)cc4)[nH]c3nc2=O)cc1. The Hall–Kier alpha value is -4.08.